The Hall–Kier alpha value is -3.00. The molecule has 4 rings (SSSR count). The van der Waals surface area contributed by atoms with Gasteiger partial charge in [0, 0.05) is 11.1 Å². The molecule has 3 aromatic heterocycles. The number of pyridine rings is 1. The number of aliphatic carboxylic acids is 1. The number of rotatable bonds is 7. The molecule has 8 heteroatoms. The normalized spacial score (nSPS) is 12.6. The predicted octanol–water partition coefficient (Wildman–Crippen LogP) is 4.60. The summed E-state index contributed by atoms with van der Waals surface area (Å²) < 4.78 is 9.02. The molecule has 1 N–H and O–H groups in total. The van der Waals surface area contributed by atoms with Crippen molar-refractivity contribution < 1.29 is 9.90 Å². The maximum Gasteiger partial charge on any atom is 0.330 e. The minimum absolute atomic E-state index is 0.111. The Bertz CT molecular complexity index is 1350. The van der Waals surface area contributed by atoms with Crippen LogP contribution in [0.2, 0.25) is 0 Å². The van der Waals surface area contributed by atoms with Crippen LogP contribution in [-0.4, -0.2) is 29.6 Å². The van der Waals surface area contributed by atoms with Crippen molar-refractivity contribution in [2.24, 2.45) is 0 Å². The average Bonchev–Trinajstić information content (AvgIpc) is 3.20. The highest BCUT2D eigenvalue weighted by Crippen LogP contribution is 2.29. The average molecular weight is 439 g/mol. The second-order valence-corrected chi connectivity index (χ2v) is 8.96. The Labute approximate surface area is 184 Å². The molecule has 0 bridgehead atoms. The van der Waals surface area contributed by atoms with Crippen LogP contribution in [0.3, 0.4) is 0 Å². The maximum atomic E-state index is 13.6. The van der Waals surface area contributed by atoms with Crippen LogP contribution < -0.4 is 5.69 Å². The zero-order chi connectivity index (χ0) is 22.3. The molecule has 1 aromatic carbocycles. The Balaban J connectivity index is 1.91. The lowest BCUT2D eigenvalue weighted by Crippen LogP contribution is -2.29. The van der Waals surface area contributed by atoms with E-state index < -0.39 is 12.0 Å². The van der Waals surface area contributed by atoms with Gasteiger partial charge in [0.2, 0.25) is 0 Å². The van der Waals surface area contributed by atoms with Crippen molar-refractivity contribution in [2.75, 3.05) is 0 Å². The zero-order valence-corrected chi connectivity index (χ0v) is 19.0. The fourth-order valence-electron chi connectivity index (χ4n) is 4.36. The van der Waals surface area contributed by atoms with Gasteiger partial charge in [-0.2, -0.15) is 4.37 Å². The Morgan fingerprint density at radius 1 is 1.23 bits per heavy atom. The summed E-state index contributed by atoms with van der Waals surface area (Å²) in [5.41, 5.74) is 4.96. The summed E-state index contributed by atoms with van der Waals surface area (Å²) in [5, 5.41) is 10.5. The fourth-order valence-corrected chi connectivity index (χ4v) is 5.33. The molecule has 0 radical (unpaired) electrons. The summed E-state index contributed by atoms with van der Waals surface area (Å²) in [6, 6.07) is 7.57. The molecule has 0 aliphatic heterocycles. The van der Waals surface area contributed by atoms with Crippen molar-refractivity contribution in [3.63, 3.8) is 0 Å². The van der Waals surface area contributed by atoms with Crippen molar-refractivity contribution >= 4 is 38.8 Å². The van der Waals surface area contributed by atoms with E-state index in [0.717, 1.165) is 33.5 Å². The van der Waals surface area contributed by atoms with Crippen molar-refractivity contribution in [3.8, 4) is 0 Å². The van der Waals surface area contributed by atoms with E-state index >= 15 is 0 Å². The molecule has 0 aliphatic rings. The highest BCUT2D eigenvalue weighted by molar-refractivity contribution is 7.13. The summed E-state index contributed by atoms with van der Waals surface area (Å²) in [7, 11) is 0. The van der Waals surface area contributed by atoms with Gasteiger partial charge in [0.15, 0.2) is 5.65 Å². The van der Waals surface area contributed by atoms with E-state index in [1.807, 2.05) is 26.0 Å². The first-order chi connectivity index (χ1) is 14.8. The standard InChI is InChI=1S/C23H26N4O3S/c1-5-6-16(11-20(28)29)27-22-18(8-7-15(4)24-22)26(23(27)30)12-17-21-14(3)9-13(2)10-19(21)31-25-17/h7-10,16H,5-6,11-12H2,1-4H3,(H,28,29). The second-order valence-electron chi connectivity index (χ2n) is 8.16. The number of carboxylic acids is 1. The molecule has 3 heterocycles. The number of carboxylic acid groups (broad SMARTS) is 1. The lowest BCUT2D eigenvalue weighted by molar-refractivity contribution is -0.137. The number of aryl methyl sites for hydroxylation is 3. The number of carbonyl (C=O) groups is 1. The van der Waals surface area contributed by atoms with Gasteiger partial charge in [-0.15, -0.1) is 0 Å². The van der Waals surface area contributed by atoms with Crippen molar-refractivity contribution in [3.05, 3.63) is 57.3 Å². The number of fused-ring (bicyclic) bond motifs is 2. The summed E-state index contributed by atoms with van der Waals surface area (Å²) in [6.07, 6.45) is 1.26. The van der Waals surface area contributed by atoms with E-state index in [1.54, 1.807) is 9.13 Å². The second kappa shape index (κ2) is 8.26. The molecular weight excluding hydrogens is 412 g/mol. The van der Waals surface area contributed by atoms with Crippen LogP contribution in [0.15, 0.2) is 29.1 Å². The highest BCUT2D eigenvalue weighted by atomic mass is 32.1. The first-order valence-electron chi connectivity index (χ1n) is 10.5. The number of nitrogens with zero attached hydrogens (tertiary/aromatic N) is 4. The number of hydrogen-bond donors (Lipinski definition) is 1. The third-order valence-corrected chi connectivity index (χ3v) is 6.47. The van der Waals surface area contributed by atoms with Gasteiger partial charge in [-0.3, -0.25) is 13.9 Å². The topological polar surface area (TPSA) is 90.0 Å². The van der Waals surface area contributed by atoms with Gasteiger partial charge in [-0.1, -0.05) is 19.4 Å². The molecular formula is C23H26N4O3S. The summed E-state index contributed by atoms with van der Waals surface area (Å²) in [4.78, 5) is 29.7. The lowest BCUT2D eigenvalue weighted by Gasteiger charge is -2.15. The molecule has 0 saturated carbocycles. The van der Waals surface area contributed by atoms with E-state index in [0.29, 0.717) is 24.1 Å². The lowest BCUT2D eigenvalue weighted by atomic mass is 10.1. The van der Waals surface area contributed by atoms with Gasteiger partial charge >= 0.3 is 11.7 Å². The van der Waals surface area contributed by atoms with Gasteiger partial charge in [-0.25, -0.2) is 9.78 Å². The van der Waals surface area contributed by atoms with Crippen LogP contribution in [0.1, 0.15) is 54.7 Å². The fraction of sp³-hybridized carbons (Fsp3) is 0.391. The van der Waals surface area contributed by atoms with Crippen LogP contribution in [0.5, 0.6) is 0 Å². The molecule has 7 nitrogen and oxygen atoms in total. The smallest absolute Gasteiger partial charge is 0.330 e. The molecule has 0 spiro atoms. The third-order valence-electron chi connectivity index (χ3n) is 5.64. The summed E-state index contributed by atoms with van der Waals surface area (Å²) >= 11 is 1.44. The SMILES string of the molecule is CCCC(CC(=O)O)n1c(=O)n(Cc2nsc3cc(C)cc(C)c23)c2ccc(C)nc21. The van der Waals surface area contributed by atoms with Crippen molar-refractivity contribution in [1.82, 2.24) is 18.5 Å². The van der Waals surface area contributed by atoms with Crippen molar-refractivity contribution in [2.45, 2.75) is 59.5 Å². The van der Waals surface area contributed by atoms with Gasteiger partial charge < -0.3 is 5.11 Å². The Morgan fingerprint density at radius 3 is 2.71 bits per heavy atom. The number of imidazole rings is 1. The Morgan fingerprint density at radius 2 is 2.00 bits per heavy atom. The van der Waals surface area contributed by atoms with E-state index in [9.17, 15) is 14.7 Å². The molecule has 0 amide bonds. The van der Waals surface area contributed by atoms with Crippen LogP contribution in [-0.2, 0) is 11.3 Å². The number of hydrogen-bond acceptors (Lipinski definition) is 5. The Kier molecular flexibility index (Phi) is 5.66. The molecule has 31 heavy (non-hydrogen) atoms. The largest absolute Gasteiger partial charge is 0.481 e. The molecule has 0 saturated heterocycles. The van der Waals surface area contributed by atoms with E-state index in [4.69, 9.17) is 0 Å². The van der Waals surface area contributed by atoms with Crippen LogP contribution in [0, 0.1) is 20.8 Å². The molecule has 1 unspecified atom stereocenters. The molecule has 4 aromatic rings. The maximum absolute atomic E-state index is 13.6. The molecule has 162 valence electrons. The molecule has 0 fully saturated rings. The monoisotopic (exact) mass is 438 g/mol. The number of benzene rings is 1. The quantitative estimate of drug-likeness (QED) is 0.455. The first kappa shape index (κ1) is 21.2. The van der Waals surface area contributed by atoms with Crippen LogP contribution in [0.4, 0.5) is 0 Å². The zero-order valence-electron chi connectivity index (χ0n) is 18.2. The first-order valence-corrected chi connectivity index (χ1v) is 11.2. The van der Waals surface area contributed by atoms with E-state index in [-0.39, 0.29) is 12.1 Å². The summed E-state index contributed by atoms with van der Waals surface area (Å²) in [5.74, 6) is -0.921. The molecule has 0 aliphatic carbocycles. The van der Waals surface area contributed by atoms with Crippen LogP contribution >= 0.6 is 11.5 Å². The van der Waals surface area contributed by atoms with Gasteiger partial charge in [0.05, 0.1) is 34.9 Å². The van der Waals surface area contributed by atoms with Gasteiger partial charge in [0.1, 0.15) is 0 Å². The van der Waals surface area contributed by atoms with Crippen LogP contribution in [0.25, 0.3) is 21.3 Å². The number of aromatic nitrogens is 4. The minimum atomic E-state index is -0.921. The summed E-state index contributed by atoms with van der Waals surface area (Å²) in [6.45, 7) is 8.31. The van der Waals surface area contributed by atoms with E-state index in [2.05, 4.69) is 35.3 Å². The molecule has 1 atom stereocenters. The minimum Gasteiger partial charge on any atom is -0.481 e. The van der Waals surface area contributed by atoms with Gasteiger partial charge in [0.25, 0.3) is 0 Å². The highest BCUT2D eigenvalue weighted by Gasteiger charge is 2.24. The third kappa shape index (κ3) is 3.87. The van der Waals surface area contributed by atoms with Crippen molar-refractivity contribution in [1.29, 1.82) is 0 Å². The van der Waals surface area contributed by atoms with Gasteiger partial charge in [-0.05, 0) is 68.1 Å². The predicted molar refractivity (Wildman–Crippen MR) is 123 cm³/mol. The van der Waals surface area contributed by atoms with E-state index in [1.165, 1.54) is 17.1 Å².